The number of likely N-dealkylation sites (N-methyl/N-ethyl adjacent to an activating group) is 1. The van der Waals surface area contributed by atoms with Crippen molar-refractivity contribution in [2.45, 2.75) is 38.6 Å². The molecule has 1 aromatic heterocycles. The smallest absolute Gasteiger partial charge is 0.193 e. The summed E-state index contributed by atoms with van der Waals surface area (Å²) in [6, 6.07) is 5.05. The first-order chi connectivity index (χ1) is 10.7. The topological polar surface area (TPSA) is 30.9 Å². The number of hydrogen-bond acceptors (Lipinski definition) is 3. The molecule has 1 unspecified atom stereocenters. The molecule has 1 aromatic rings. The van der Waals surface area contributed by atoms with Gasteiger partial charge in [-0.05, 0) is 44.2 Å². The molecule has 2 rings (SSSR count). The van der Waals surface area contributed by atoms with E-state index in [-0.39, 0.29) is 0 Å². The van der Waals surface area contributed by atoms with Crippen molar-refractivity contribution in [3.63, 3.8) is 0 Å². The van der Waals surface area contributed by atoms with Crippen LogP contribution in [0.2, 0.25) is 0 Å². The van der Waals surface area contributed by atoms with Crippen molar-refractivity contribution in [1.82, 2.24) is 15.1 Å². The Balaban J connectivity index is 1.69. The molecule has 0 amide bonds. The fourth-order valence-electron chi connectivity index (χ4n) is 3.02. The van der Waals surface area contributed by atoms with Gasteiger partial charge < -0.3 is 10.2 Å². The first-order valence-corrected chi connectivity index (χ1v) is 9.27. The van der Waals surface area contributed by atoms with Gasteiger partial charge in [-0.25, -0.2) is 0 Å². The van der Waals surface area contributed by atoms with Crippen LogP contribution in [0.3, 0.4) is 0 Å². The Bertz CT molecular complexity index is 444. The number of aliphatic imine (C=N–C) groups is 1. The highest BCUT2D eigenvalue weighted by molar-refractivity contribution is 7.09. The van der Waals surface area contributed by atoms with E-state index in [2.05, 4.69) is 51.6 Å². The highest BCUT2D eigenvalue weighted by Crippen LogP contribution is 2.15. The molecule has 22 heavy (non-hydrogen) atoms. The second kappa shape index (κ2) is 9.16. The van der Waals surface area contributed by atoms with Gasteiger partial charge in [-0.3, -0.25) is 9.89 Å². The van der Waals surface area contributed by atoms with Gasteiger partial charge in [0.25, 0.3) is 0 Å². The highest BCUT2D eigenvalue weighted by atomic mass is 32.1. The van der Waals surface area contributed by atoms with Crippen LogP contribution in [0.25, 0.3) is 0 Å². The Labute approximate surface area is 139 Å². The summed E-state index contributed by atoms with van der Waals surface area (Å²) in [4.78, 5) is 10.7. The third-order valence-corrected chi connectivity index (χ3v) is 5.41. The zero-order valence-electron chi connectivity index (χ0n) is 14.2. The molecular weight excluding hydrogens is 292 g/mol. The minimum absolute atomic E-state index is 0.731. The summed E-state index contributed by atoms with van der Waals surface area (Å²) < 4.78 is 0. The molecule has 0 aromatic carbocycles. The number of likely N-dealkylation sites (tertiary alicyclic amines) is 1. The lowest BCUT2D eigenvalue weighted by atomic mass is 10.0. The lowest BCUT2D eigenvalue weighted by molar-refractivity contribution is 0.163. The number of nitrogens with zero attached hydrogens (tertiary/aromatic N) is 3. The van der Waals surface area contributed by atoms with E-state index < -0.39 is 0 Å². The zero-order chi connectivity index (χ0) is 15.8. The van der Waals surface area contributed by atoms with Crippen molar-refractivity contribution < 1.29 is 0 Å². The van der Waals surface area contributed by atoms with E-state index in [1.807, 2.05) is 18.4 Å². The molecule has 0 spiro atoms. The molecule has 4 nitrogen and oxygen atoms in total. The van der Waals surface area contributed by atoms with Crippen LogP contribution in [-0.2, 0) is 6.42 Å². The van der Waals surface area contributed by atoms with Crippen molar-refractivity contribution in [3.8, 4) is 0 Å². The maximum atomic E-state index is 4.41. The highest BCUT2D eigenvalue weighted by Gasteiger charge is 2.17. The quantitative estimate of drug-likeness (QED) is 0.645. The van der Waals surface area contributed by atoms with Crippen molar-refractivity contribution >= 4 is 17.3 Å². The Hall–Kier alpha value is -1.07. The number of thiophene rings is 1. The summed E-state index contributed by atoms with van der Waals surface area (Å²) in [5.41, 5.74) is 0. The average Bonchev–Trinajstić information content (AvgIpc) is 3.04. The molecule has 1 aliphatic rings. The van der Waals surface area contributed by atoms with Gasteiger partial charge in [-0.1, -0.05) is 12.5 Å². The SMILES string of the molecule is CN=C(NCCN1CCCCC1C)N(C)CCc1cccs1. The monoisotopic (exact) mass is 322 g/mol. The van der Waals surface area contributed by atoms with Crippen molar-refractivity contribution in [3.05, 3.63) is 22.4 Å². The molecule has 1 aliphatic heterocycles. The maximum absolute atomic E-state index is 4.41. The van der Waals surface area contributed by atoms with E-state index in [1.54, 1.807) is 0 Å². The molecule has 2 heterocycles. The van der Waals surface area contributed by atoms with Gasteiger partial charge in [0.2, 0.25) is 0 Å². The number of guanidine groups is 1. The van der Waals surface area contributed by atoms with Crippen molar-refractivity contribution in [1.29, 1.82) is 0 Å². The van der Waals surface area contributed by atoms with Crippen LogP contribution in [0.4, 0.5) is 0 Å². The Morgan fingerprint density at radius 2 is 2.36 bits per heavy atom. The lowest BCUT2D eigenvalue weighted by Crippen LogP contribution is -2.46. The molecule has 1 saturated heterocycles. The van der Waals surface area contributed by atoms with Crippen molar-refractivity contribution in [2.24, 2.45) is 4.99 Å². The minimum Gasteiger partial charge on any atom is -0.355 e. The van der Waals surface area contributed by atoms with E-state index in [9.17, 15) is 0 Å². The normalized spacial score (nSPS) is 20.1. The van der Waals surface area contributed by atoms with Crippen LogP contribution in [0.5, 0.6) is 0 Å². The van der Waals surface area contributed by atoms with Crippen molar-refractivity contribution in [2.75, 3.05) is 40.3 Å². The second-order valence-corrected chi connectivity index (χ2v) is 7.14. The number of nitrogens with one attached hydrogen (secondary N) is 1. The molecule has 0 bridgehead atoms. The largest absolute Gasteiger partial charge is 0.355 e. The summed E-state index contributed by atoms with van der Waals surface area (Å²) in [7, 11) is 3.99. The molecule has 1 atom stereocenters. The maximum Gasteiger partial charge on any atom is 0.193 e. The van der Waals surface area contributed by atoms with E-state index in [0.29, 0.717) is 0 Å². The zero-order valence-corrected chi connectivity index (χ0v) is 15.0. The predicted octanol–water partition coefficient (Wildman–Crippen LogP) is 2.67. The lowest BCUT2D eigenvalue weighted by Gasteiger charge is -2.33. The van der Waals surface area contributed by atoms with Gasteiger partial charge in [-0.2, -0.15) is 0 Å². The molecule has 0 saturated carbocycles. The summed E-state index contributed by atoms with van der Waals surface area (Å²) in [6.45, 7) is 6.68. The predicted molar refractivity (Wildman–Crippen MR) is 96.9 cm³/mol. The third-order valence-electron chi connectivity index (χ3n) is 4.47. The first kappa shape index (κ1) is 17.3. The van der Waals surface area contributed by atoms with Crippen LogP contribution in [-0.4, -0.2) is 62.1 Å². The third kappa shape index (κ3) is 5.29. The van der Waals surface area contributed by atoms with Crippen LogP contribution >= 0.6 is 11.3 Å². The van der Waals surface area contributed by atoms with Gasteiger partial charge in [0.15, 0.2) is 5.96 Å². The van der Waals surface area contributed by atoms with Gasteiger partial charge in [0, 0.05) is 44.6 Å². The number of hydrogen-bond donors (Lipinski definition) is 1. The Kier molecular flexibility index (Phi) is 7.19. The second-order valence-electron chi connectivity index (χ2n) is 6.11. The van der Waals surface area contributed by atoms with Gasteiger partial charge in [0.05, 0.1) is 0 Å². The van der Waals surface area contributed by atoms with Crippen LogP contribution in [0.1, 0.15) is 31.1 Å². The number of rotatable bonds is 6. The van der Waals surface area contributed by atoms with Crippen LogP contribution in [0, 0.1) is 0 Å². The summed E-state index contributed by atoms with van der Waals surface area (Å²) in [5, 5.41) is 5.65. The van der Waals surface area contributed by atoms with Crippen LogP contribution < -0.4 is 5.32 Å². The van der Waals surface area contributed by atoms with Gasteiger partial charge in [-0.15, -0.1) is 11.3 Å². The Morgan fingerprint density at radius 3 is 3.05 bits per heavy atom. The molecular formula is C17H30N4S. The van der Waals surface area contributed by atoms with E-state index in [4.69, 9.17) is 0 Å². The molecule has 5 heteroatoms. The minimum atomic E-state index is 0.731. The molecule has 0 radical (unpaired) electrons. The summed E-state index contributed by atoms with van der Waals surface area (Å²) in [6.07, 6.45) is 5.16. The number of piperidine rings is 1. The molecule has 0 aliphatic carbocycles. The van der Waals surface area contributed by atoms with E-state index >= 15 is 0 Å². The molecule has 1 N–H and O–H groups in total. The van der Waals surface area contributed by atoms with Crippen LogP contribution in [0.15, 0.2) is 22.5 Å². The standard InChI is InChI=1S/C17H30N4S/c1-15-7-4-5-11-21(15)13-10-19-17(18-2)20(3)12-9-16-8-6-14-22-16/h6,8,14-15H,4-5,7,9-13H2,1-3H3,(H,18,19). The van der Waals surface area contributed by atoms with E-state index in [0.717, 1.165) is 38.1 Å². The summed E-state index contributed by atoms with van der Waals surface area (Å²) in [5.74, 6) is 1.00. The average molecular weight is 323 g/mol. The fraction of sp³-hybridized carbons (Fsp3) is 0.706. The van der Waals surface area contributed by atoms with Gasteiger partial charge >= 0.3 is 0 Å². The molecule has 1 fully saturated rings. The van der Waals surface area contributed by atoms with Gasteiger partial charge in [0.1, 0.15) is 0 Å². The Morgan fingerprint density at radius 1 is 1.50 bits per heavy atom. The van der Waals surface area contributed by atoms with E-state index in [1.165, 1.54) is 30.7 Å². The molecule has 124 valence electrons. The summed E-state index contributed by atoms with van der Waals surface area (Å²) >= 11 is 1.83. The fourth-order valence-corrected chi connectivity index (χ4v) is 3.72. The first-order valence-electron chi connectivity index (χ1n) is 8.39.